The van der Waals surface area contributed by atoms with Gasteiger partial charge >= 0.3 is 0 Å². The van der Waals surface area contributed by atoms with Gasteiger partial charge in [0.25, 0.3) is 0 Å². The predicted molar refractivity (Wildman–Crippen MR) is 53.5 cm³/mol. The van der Waals surface area contributed by atoms with Crippen molar-refractivity contribution in [2.24, 2.45) is 7.05 Å². The maximum Gasteiger partial charge on any atom is 0.181 e. The fraction of sp³-hybridized carbons (Fsp3) is 0.182. The largest absolute Gasteiger partial charge is 0.373 e. The van der Waals surface area contributed by atoms with E-state index in [0.717, 1.165) is 10.9 Å². The molecule has 14 heavy (non-hydrogen) atoms. The quantitative estimate of drug-likeness (QED) is 0.689. The molecule has 0 aliphatic rings. The van der Waals surface area contributed by atoms with Gasteiger partial charge in [-0.15, -0.1) is 0 Å². The van der Waals surface area contributed by atoms with E-state index in [9.17, 15) is 5.11 Å². The van der Waals surface area contributed by atoms with Crippen molar-refractivity contribution in [2.45, 2.75) is 6.10 Å². The molecule has 1 aromatic heterocycles. The Balaban J connectivity index is 2.70. The molecule has 1 heterocycles. The van der Waals surface area contributed by atoms with Gasteiger partial charge in [-0.25, -0.2) is 0 Å². The molecule has 2 rings (SSSR count). The zero-order chi connectivity index (χ0) is 10.1. The number of aromatic nitrogens is 1. The smallest absolute Gasteiger partial charge is 0.181 e. The van der Waals surface area contributed by atoms with Crippen LogP contribution in [0.5, 0.6) is 0 Å². The third kappa shape index (κ3) is 1.17. The highest BCUT2D eigenvalue weighted by Crippen LogP contribution is 2.22. The number of nitriles is 1. The Morgan fingerprint density at radius 3 is 2.79 bits per heavy atom. The molecule has 0 aliphatic carbocycles. The second-order valence-electron chi connectivity index (χ2n) is 3.22. The van der Waals surface area contributed by atoms with E-state index < -0.39 is 6.10 Å². The lowest BCUT2D eigenvalue weighted by Gasteiger charge is -2.03. The van der Waals surface area contributed by atoms with Crippen molar-refractivity contribution in [1.82, 2.24) is 4.57 Å². The van der Waals surface area contributed by atoms with Crippen molar-refractivity contribution < 1.29 is 5.11 Å². The van der Waals surface area contributed by atoms with E-state index in [1.807, 2.05) is 48.0 Å². The molecule has 1 atom stereocenters. The van der Waals surface area contributed by atoms with E-state index >= 15 is 0 Å². The van der Waals surface area contributed by atoms with Gasteiger partial charge in [-0.1, -0.05) is 18.2 Å². The fourth-order valence-electron chi connectivity index (χ4n) is 1.64. The van der Waals surface area contributed by atoms with Crippen LogP contribution in [0.25, 0.3) is 10.9 Å². The molecule has 0 bridgehead atoms. The minimum atomic E-state index is -1.05. The summed E-state index contributed by atoms with van der Waals surface area (Å²) in [4.78, 5) is 0. The molecule has 1 aromatic carbocycles. The van der Waals surface area contributed by atoms with Crippen molar-refractivity contribution in [2.75, 3.05) is 0 Å². The molecule has 0 spiro atoms. The summed E-state index contributed by atoms with van der Waals surface area (Å²) >= 11 is 0. The predicted octanol–water partition coefficient (Wildman–Crippen LogP) is 1.74. The normalized spacial score (nSPS) is 12.6. The molecular formula is C11H10N2O. The molecular weight excluding hydrogens is 176 g/mol. The van der Waals surface area contributed by atoms with Crippen LogP contribution in [0, 0.1) is 11.3 Å². The highest BCUT2D eigenvalue weighted by molar-refractivity contribution is 5.81. The fourth-order valence-corrected chi connectivity index (χ4v) is 1.64. The van der Waals surface area contributed by atoms with Crippen LogP contribution < -0.4 is 0 Å². The van der Waals surface area contributed by atoms with Gasteiger partial charge in [0.15, 0.2) is 6.10 Å². The minimum Gasteiger partial charge on any atom is -0.373 e. The summed E-state index contributed by atoms with van der Waals surface area (Å²) < 4.78 is 1.84. The summed E-state index contributed by atoms with van der Waals surface area (Å²) in [6.45, 7) is 0. The Morgan fingerprint density at radius 2 is 2.14 bits per heavy atom. The van der Waals surface area contributed by atoms with Crippen molar-refractivity contribution in [1.29, 1.82) is 5.26 Å². The average Bonchev–Trinajstić information content (AvgIpc) is 2.56. The van der Waals surface area contributed by atoms with Gasteiger partial charge < -0.3 is 9.67 Å². The van der Waals surface area contributed by atoms with E-state index in [4.69, 9.17) is 5.26 Å². The summed E-state index contributed by atoms with van der Waals surface area (Å²) in [5, 5.41) is 19.1. The van der Waals surface area contributed by atoms with Gasteiger partial charge in [-0.2, -0.15) is 5.26 Å². The van der Waals surface area contributed by atoms with Crippen LogP contribution in [-0.4, -0.2) is 9.67 Å². The molecule has 3 nitrogen and oxygen atoms in total. The third-order valence-electron chi connectivity index (χ3n) is 2.39. The summed E-state index contributed by atoms with van der Waals surface area (Å²) in [6.07, 6.45) is -1.05. The summed E-state index contributed by atoms with van der Waals surface area (Å²) in [6, 6.07) is 11.4. The number of aliphatic hydroxyl groups is 1. The number of rotatable bonds is 1. The Kier molecular flexibility index (Phi) is 1.99. The second-order valence-corrected chi connectivity index (χ2v) is 3.22. The number of aryl methyl sites for hydroxylation is 1. The number of nitrogens with zero attached hydrogens (tertiary/aromatic N) is 2. The van der Waals surface area contributed by atoms with Crippen LogP contribution >= 0.6 is 0 Å². The Hall–Kier alpha value is -1.79. The first-order valence-corrected chi connectivity index (χ1v) is 4.36. The number of fused-ring (bicyclic) bond motifs is 1. The highest BCUT2D eigenvalue weighted by Gasteiger charge is 2.12. The summed E-state index contributed by atoms with van der Waals surface area (Å²) in [5.74, 6) is 0. The third-order valence-corrected chi connectivity index (χ3v) is 2.39. The van der Waals surface area contributed by atoms with Crippen LogP contribution in [0.1, 0.15) is 11.8 Å². The standard InChI is InChI=1S/C11H10N2O/c1-13-9-5-3-2-4-8(9)6-10(13)11(14)7-12/h2-6,11,14H,1H3. The van der Waals surface area contributed by atoms with Gasteiger partial charge in [-0.05, 0) is 17.5 Å². The molecule has 70 valence electrons. The van der Waals surface area contributed by atoms with Gasteiger partial charge in [0.1, 0.15) is 6.07 Å². The van der Waals surface area contributed by atoms with E-state index in [0.29, 0.717) is 5.69 Å². The molecule has 0 amide bonds. The minimum absolute atomic E-state index is 0.633. The molecule has 0 radical (unpaired) electrons. The molecule has 0 aliphatic heterocycles. The Bertz CT molecular complexity index is 507. The SMILES string of the molecule is Cn1c(C(O)C#N)cc2ccccc21. The van der Waals surface area contributed by atoms with Crippen molar-refractivity contribution >= 4 is 10.9 Å². The summed E-state index contributed by atoms with van der Waals surface area (Å²) in [5.41, 5.74) is 1.66. The number of para-hydroxylation sites is 1. The summed E-state index contributed by atoms with van der Waals surface area (Å²) in [7, 11) is 1.85. The zero-order valence-corrected chi connectivity index (χ0v) is 7.81. The lowest BCUT2D eigenvalue weighted by atomic mass is 10.2. The van der Waals surface area contributed by atoms with Crippen LogP contribution in [0.2, 0.25) is 0 Å². The van der Waals surface area contributed by atoms with Crippen LogP contribution in [0.15, 0.2) is 30.3 Å². The van der Waals surface area contributed by atoms with Crippen LogP contribution in [0.3, 0.4) is 0 Å². The van der Waals surface area contributed by atoms with E-state index in [1.54, 1.807) is 0 Å². The van der Waals surface area contributed by atoms with E-state index in [1.165, 1.54) is 0 Å². The molecule has 1 N–H and O–H groups in total. The molecule has 0 saturated heterocycles. The second kappa shape index (κ2) is 3.17. The lowest BCUT2D eigenvalue weighted by molar-refractivity contribution is 0.227. The monoisotopic (exact) mass is 186 g/mol. The molecule has 0 saturated carbocycles. The van der Waals surface area contributed by atoms with Gasteiger partial charge in [0.05, 0.1) is 5.69 Å². The van der Waals surface area contributed by atoms with Crippen LogP contribution in [-0.2, 0) is 7.05 Å². The maximum atomic E-state index is 9.43. The Labute approximate surface area is 81.8 Å². The number of benzene rings is 1. The molecule has 3 heteroatoms. The van der Waals surface area contributed by atoms with E-state index in [-0.39, 0.29) is 0 Å². The molecule has 1 unspecified atom stereocenters. The van der Waals surface area contributed by atoms with Crippen LogP contribution in [0.4, 0.5) is 0 Å². The van der Waals surface area contributed by atoms with Gasteiger partial charge in [0.2, 0.25) is 0 Å². The maximum absolute atomic E-state index is 9.43. The van der Waals surface area contributed by atoms with Gasteiger partial charge in [0, 0.05) is 12.6 Å². The topological polar surface area (TPSA) is 49.0 Å². The zero-order valence-electron chi connectivity index (χ0n) is 7.81. The molecule has 0 fully saturated rings. The first-order chi connectivity index (χ1) is 6.74. The molecule has 2 aromatic rings. The Morgan fingerprint density at radius 1 is 1.43 bits per heavy atom. The number of hydrogen-bond acceptors (Lipinski definition) is 2. The van der Waals surface area contributed by atoms with Crippen molar-refractivity contribution in [3.05, 3.63) is 36.0 Å². The number of hydrogen-bond donors (Lipinski definition) is 1. The highest BCUT2D eigenvalue weighted by atomic mass is 16.3. The lowest BCUT2D eigenvalue weighted by Crippen LogP contribution is -2.01. The van der Waals surface area contributed by atoms with Crippen molar-refractivity contribution in [3.8, 4) is 6.07 Å². The van der Waals surface area contributed by atoms with E-state index in [2.05, 4.69) is 0 Å². The number of aliphatic hydroxyl groups excluding tert-OH is 1. The first kappa shape index (κ1) is 8.79. The first-order valence-electron chi connectivity index (χ1n) is 4.36. The van der Waals surface area contributed by atoms with Gasteiger partial charge in [-0.3, -0.25) is 0 Å². The average molecular weight is 186 g/mol. The van der Waals surface area contributed by atoms with Crippen molar-refractivity contribution in [3.63, 3.8) is 0 Å².